The SMILES string of the molecule is CC(C)CN1C(=O)CCCC(N)C1c1c(F)cccc1F. The van der Waals surface area contributed by atoms with Crippen LogP contribution in [-0.4, -0.2) is 23.4 Å². The number of carbonyl (C=O) groups excluding carboxylic acids is 1. The Bertz CT molecular complexity index is 499. The van der Waals surface area contributed by atoms with Gasteiger partial charge in [-0.2, -0.15) is 0 Å². The van der Waals surface area contributed by atoms with E-state index in [1.807, 2.05) is 13.8 Å². The van der Waals surface area contributed by atoms with Crippen LogP contribution in [0.3, 0.4) is 0 Å². The first kappa shape index (κ1) is 15.9. The van der Waals surface area contributed by atoms with E-state index in [0.29, 0.717) is 25.8 Å². The highest BCUT2D eigenvalue weighted by atomic mass is 19.1. The van der Waals surface area contributed by atoms with Gasteiger partial charge in [0.15, 0.2) is 0 Å². The molecule has 0 aromatic heterocycles. The Labute approximate surface area is 124 Å². The van der Waals surface area contributed by atoms with Crippen LogP contribution in [0.5, 0.6) is 0 Å². The summed E-state index contributed by atoms with van der Waals surface area (Å²) in [4.78, 5) is 13.9. The normalized spacial score (nSPS) is 23.5. The Morgan fingerprint density at radius 3 is 2.52 bits per heavy atom. The number of nitrogens with zero attached hydrogens (tertiary/aromatic N) is 1. The van der Waals surface area contributed by atoms with Gasteiger partial charge in [0.2, 0.25) is 5.91 Å². The number of hydrogen-bond acceptors (Lipinski definition) is 2. The minimum absolute atomic E-state index is 0.0793. The highest BCUT2D eigenvalue weighted by Crippen LogP contribution is 2.33. The first-order chi connectivity index (χ1) is 9.91. The molecule has 1 saturated heterocycles. The monoisotopic (exact) mass is 296 g/mol. The van der Waals surface area contributed by atoms with Crippen LogP contribution in [0.2, 0.25) is 0 Å². The second-order valence-corrected chi connectivity index (χ2v) is 6.08. The van der Waals surface area contributed by atoms with Gasteiger partial charge < -0.3 is 10.6 Å². The van der Waals surface area contributed by atoms with Crippen LogP contribution >= 0.6 is 0 Å². The lowest BCUT2D eigenvalue weighted by molar-refractivity contribution is -0.134. The fraction of sp³-hybridized carbons (Fsp3) is 0.562. The van der Waals surface area contributed by atoms with Gasteiger partial charge in [-0.05, 0) is 30.9 Å². The predicted molar refractivity (Wildman–Crippen MR) is 77.5 cm³/mol. The number of halogens is 2. The quantitative estimate of drug-likeness (QED) is 0.932. The van der Waals surface area contributed by atoms with E-state index in [4.69, 9.17) is 5.73 Å². The summed E-state index contributed by atoms with van der Waals surface area (Å²) in [5.74, 6) is -1.15. The molecule has 1 aromatic rings. The van der Waals surface area contributed by atoms with Crippen molar-refractivity contribution in [1.82, 2.24) is 4.90 Å². The lowest BCUT2D eigenvalue weighted by atomic mass is 9.94. The lowest BCUT2D eigenvalue weighted by Crippen LogP contribution is -2.44. The number of benzene rings is 1. The third-order valence-electron chi connectivity index (χ3n) is 3.85. The second-order valence-electron chi connectivity index (χ2n) is 6.08. The third-order valence-corrected chi connectivity index (χ3v) is 3.85. The van der Waals surface area contributed by atoms with Crippen molar-refractivity contribution in [3.63, 3.8) is 0 Å². The van der Waals surface area contributed by atoms with E-state index in [0.717, 1.165) is 0 Å². The summed E-state index contributed by atoms with van der Waals surface area (Å²) >= 11 is 0. The van der Waals surface area contributed by atoms with E-state index < -0.39 is 23.7 Å². The fourth-order valence-electron chi connectivity index (χ4n) is 2.95. The largest absolute Gasteiger partial charge is 0.334 e. The van der Waals surface area contributed by atoms with Crippen LogP contribution in [0.15, 0.2) is 18.2 Å². The zero-order chi connectivity index (χ0) is 15.6. The first-order valence-corrected chi connectivity index (χ1v) is 7.40. The maximum absolute atomic E-state index is 14.1. The topological polar surface area (TPSA) is 46.3 Å². The smallest absolute Gasteiger partial charge is 0.223 e. The summed E-state index contributed by atoms with van der Waals surface area (Å²) in [6.45, 7) is 4.39. The summed E-state index contributed by atoms with van der Waals surface area (Å²) in [6.07, 6.45) is 1.62. The van der Waals surface area contributed by atoms with Crippen molar-refractivity contribution >= 4 is 5.91 Å². The van der Waals surface area contributed by atoms with Crippen molar-refractivity contribution in [1.29, 1.82) is 0 Å². The molecule has 1 amide bonds. The molecule has 3 nitrogen and oxygen atoms in total. The average Bonchev–Trinajstić information content (AvgIpc) is 2.51. The molecule has 2 rings (SSSR count). The van der Waals surface area contributed by atoms with Crippen molar-refractivity contribution in [2.24, 2.45) is 11.7 Å². The molecule has 2 N–H and O–H groups in total. The number of nitrogens with two attached hydrogens (primary N) is 1. The van der Waals surface area contributed by atoms with Gasteiger partial charge in [0.1, 0.15) is 11.6 Å². The molecule has 1 aliphatic rings. The van der Waals surface area contributed by atoms with Crippen molar-refractivity contribution in [2.45, 2.75) is 45.2 Å². The van der Waals surface area contributed by atoms with E-state index in [1.165, 1.54) is 18.2 Å². The zero-order valence-corrected chi connectivity index (χ0v) is 12.5. The molecule has 0 spiro atoms. The number of carbonyl (C=O) groups is 1. The molecule has 2 unspecified atom stereocenters. The maximum Gasteiger partial charge on any atom is 0.223 e. The highest BCUT2D eigenvalue weighted by Gasteiger charge is 2.36. The van der Waals surface area contributed by atoms with E-state index in [9.17, 15) is 13.6 Å². The Balaban J connectivity index is 2.49. The summed E-state index contributed by atoms with van der Waals surface area (Å²) in [5, 5.41) is 0. The predicted octanol–water partition coefficient (Wildman–Crippen LogP) is 3.00. The van der Waals surface area contributed by atoms with Crippen LogP contribution in [0.1, 0.15) is 44.7 Å². The number of rotatable bonds is 3. The molecule has 1 fully saturated rings. The lowest BCUT2D eigenvalue weighted by Gasteiger charge is -2.35. The van der Waals surface area contributed by atoms with Crippen molar-refractivity contribution < 1.29 is 13.6 Å². The van der Waals surface area contributed by atoms with E-state index >= 15 is 0 Å². The average molecular weight is 296 g/mol. The number of likely N-dealkylation sites (tertiary alicyclic amines) is 1. The van der Waals surface area contributed by atoms with E-state index in [-0.39, 0.29) is 17.4 Å². The van der Waals surface area contributed by atoms with Gasteiger partial charge in [-0.25, -0.2) is 8.78 Å². The molecule has 1 aliphatic heterocycles. The minimum Gasteiger partial charge on any atom is -0.334 e. The van der Waals surface area contributed by atoms with Gasteiger partial charge in [-0.1, -0.05) is 19.9 Å². The molecule has 0 bridgehead atoms. The van der Waals surface area contributed by atoms with Crippen LogP contribution < -0.4 is 5.73 Å². The molecular weight excluding hydrogens is 274 g/mol. The van der Waals surface area contributed by atoms with Crippen LogP contribution in [0.25, 0.3) is 0 Å². The molecule has 2 atom stereocenters. The zero-order valence-electron chi connectivity index (χ0n) is 12.5. The van der Waals surface area contributed by atoms with Gasteiger partial charge in [0.25, 0.3) is 0 Å². The van der Waals surface area contributed by atoms with E-state index in [1.54, 1.807) is 4.90 Å². The van der Waals surface area contributed by atoms with E-state index in [2.05, 4.69) is 0 Å². The molecular formula is C16H22F2N2O. The Morgan fingerprint density at radius 2 is 1.95 bits per heavy atom. The molecule has 1 heterocycles. The Hall–Kier alpha value is -1.49. The molecule has 5 heteroatoms. The van der Waals surface area contributed by atoms with Crippen molar-refractivity contribution in [3.8, 4) is 0 Å². The van der Waals surface area contributed by atoms with Gasteiger partial charge in [0.05, 0.1) is 6.04 Å². The highest BCUT2D eigenvalue weighted by molar-refractivity contribution is 5.77. The van der Waals surface area contributed by atoms with Crippen LogP contribution in [0.4, 0.5) is 8.78 Å². The summed E-state index contributed by atoms with van der Waals surface area (Å²) < 4.78 is 28.3. The van der Waals surface area contributed by atoms with Gasteiger partial charge in [0, 0.05) is 24.6 Å². The summed E-state index contributed by atoms with van der Waals surface area (Å²) in [7, 11) is 0. The Kier molecular flexibility index (Phi) is 4.93. The molecule has 0 aliphatic carbocycles. The maximum atomic E-state index is 14.1. The molecule has 21 heavy (non-hydrogen) atoms. The summed E-state index contributed by atoms with van der Waals surface area (Å²) in [6, 6.07) is 2.57. The minimum atomic E-state index is -0.733. The van der Waals surface area contributed by atoms with Crippen molar-refractivity contribution in [3.05, 3.63) is 35.4 Å². The molecule has 0 saturated carbocycles. The Morgan fingerprint density at radius 1 is 1.33 bits per heavy atom. The van der Waals surface area contributed by atoms with Crippen LogP contribution in [0, 0.1) is 17.6 Å². The van der Waals surface area contributed by atoms with Crippen LogP contribution in [-0.2, 0) is 4.79 Å². The number of hydrogen-bond donors (Lipinski definition) is 1. The summed E-state index contributed by atoms with van der Waals surface area (Å²) in [5.41, 5.74) is 6.07. The standard InChI is InChI=1S/C16H22F2N2O/c1-10(2)9-20-14(21)8-4-7-13(19)16(20)15-11(17)5-3-6-12(15)18/h3,5-6,10,13,16H,4,7-9,19H2,1-2H3. The van der Waals surface area contributed by atoms with Gasteiger partial charge >= 0.3 is 0 Å². The number of amides is 1. The molecule has 0 radical (unpaired) electrons. The molecule has 116 valence electrons. The van der Waals surface area contributed by atoms with Gasteiger partial charge in [-0.15, -0.1) is 0 Å². The molecule has 1 aromatic carbocycles. The second kappa shape index (κ2) is 6.52. The van der Waals surface area contributed by atoms with Crippen molar-refractivity contribution in [2.75, 3.05) is 6.54 Å². The first-order valence-electron chi connectivity index (χ1n) is 7.40. The third kappa shape index (κ3) is 3.40. The van der Waals surface area contributed by atoms with Gasteiger partial charge in [-0.3, -0.25) is 4.79 Å². The fourth-order valence-corrected chi connectivity index (χ4v) is 2.95.